The molecule has 7 nitrogen and oxygen atoms in total. The Kier molecular flexibility index (Phi) is 2.99. The monoisotopic (exact) mass is 292 g/mol. The molecule has 0 aliphatic heterocycles. The minimum Gasteiger partial charge on any atom is -0.481 e. The van der Waals surface area contributed by atoms with Gasteiger partial charge >= 0.3 is 12.1 Å². The summed E-state index contributed by atoms with van der Waals surface area (Å²) in [7, 11) is 0. The van der Waals surface area contributed by atoms with E-state index in [0.29, 0.717) is 0 Å². The van der Waals surface area contributed by atoms with E-state index >= 15 is 0 Å². The van der Waals surface area contributed by atoms with Gasteiger partial charge in [0.25, 0.3) is 0 Å². The Hall–Kier alpha value is -2.13. The molecule has 3 N–H and O–H groups in total. The summed E-state index contributed by atoms with van der Waals surface area (Å²) in [5.74, 6) is -5.40. The van der Waals surface area contributed by atoms with Crippen molar-refractivity contribution in [3.8, 4) is 0 Å². The molecular weight excluding hydrogens is 281 g/mol. The maximum Gasteiger partial charge on any atom is 0.451 e. The van der Waals surface area contributed by atoms with Crippen molar-refractivity contribution >= 4 is 17.8 Å². The van der Waals surface area contributed by atoms with Gasteiger partial charge in [-0.25, -0.2) is 0 Å². The Morgan fingerprint density at radius 1 is 1.35 bits per heavy atom. The maximum absolute atomic E-state index is 12.3. The predicted molar refractivity (Wildman–Crippen MR) is 58.4 cm³/mol. The molecule has 0 radical (unpaired) electrons. The van der Waals surface area contributed by atoms with E-state index in [1.165, 1.54) is 0 Å². The van der Waals surface area contributed by atoms with Crippen molar-refractivity contribution in [1.82, 2.24) is 15.2 Å². The molecule has 1 heterocycles. The van der Waals surface area contributed by atoms with Crippen LogP contribution >= 0.6 is 0 Å². The third-order valence-electron chi connectivity index (χ3n) is 3.36. The van der Waals surface area contributed by atoms with Crippen LogP contribution < -0.4 is 5.32 Å². The molecule has 0 unspecified atom stereocenters. The lowest BCUT2D eigenvalue weighted by atomic mass is 10.1. The molecule has 20 heavy (non-hydrogen) atoms. The van der Waals surface area contributed by atoms with Gasteiger partial charge in [-0.3, -0.25) is 20.0 Å². The second-order valence-electron chi connectivity index (χ2n) is 5.11. The van der Waals surface area contributed by atoms with Crippen molar-refractivity contribution in [1.29, 1.82) is 0 Å². The number of anilines is 1. The van der Waals surface area contributed by atoms with E-state index in [1.807, 2.05) is 0 Å². The second kappa shape index (κ2) is 4.18. The molecule has 1 aromatic heterocycles. The van der Waals surface area contributed by atoms with Crippen LogP contribution in [0.5, 0.6) is 0 Å². The largest absolute Gasteiger partial charge is 0.481 e. The molecule has 2 rings (SSSR count). The lowest BCUT2D eigenvalue weighted by molar-refractivity contribution is -0.144. The van der Waals surface area contributed by atoms with Gasteiger partial charge in [0.1, 0.15) is 0 Å². The number of carboxylic acids is 1. The number of aliphatic carboxylic acids is 1. The molecule has 0 aromatic carbocycles. The van der Waals surface area contributed by atoms with Gasteiger partial charge in [-0.15, -0.1) is 5.10 Å². The van der Waals surface area contributed by atoms with Crippen LogP contribution in [-0.2, 0) is 15.8 Å². The number of aromatic amines is 1. The highest BCUT2D eigenvalue weighted by Gasteiger charge is 2.66. The molecule has 1 amide bonds. The number of hydrogen-bond donors (Lipinski definition) is 3. The third kappa shape index (κ3) is 2.32. The SMILES string of the molecule is CC1(C)[C@H](C(=O)O)[C@H]1C(=O)Nc1n[nH]c(C(F)(F)F)n1. The number of alkyl halides is 3. The fourth-order valence-corrected chi connectivity index (χ4v) is 2.22. The fraction of sp³-hybridized carbons (Fsp3) is 0.600. The molecule has 1 saturated carbocycles. The van der Waals surface area contributed by atoms with E-state index in [9.17, 15) is 22.8 Å². The zero-order valence-corrected chi connectivity index (χ0v) is 10.4. The van der Waals surface area contributed by atoms with Gasteiger partial charge in [-0.2, -0.15) is 18.2 Å². The minimum absolute atomic E-state index is 0.533. The van der Waals surface area contributed by atoms with Gasteiger partial charge in [-0.05, 0) is 5.41 Å². The molecule has 10 heteroatoms. The number of hydrogen-bond acceptors (Lipinski definition) is 4. The van der Waals surface area contributed by atoms with E-state index in [1.54, 1.807) is 18.9 Å². The summed E-state index contributed by atoms with van der Waals surface area (Å²) in [4.78, 5) is 25.8. The number of rotatable bonds is 3. The van der Waals surface area contributed by atoms with Crippen LogP contribution in [0, 0.1) is 17.3 Å². The quantitative estimate of drug-likeness (QED) is 0.773. The second-order valence-corrected chi connectivity index (χ2v) is 5.11. The Bertz CT molecular complexity index is 566. The van der Waals surface area contributed by atoms with Gasteiger partial charge < -0.3 is 5.11 Å². The molecule has 1 aliphatic carbocycles. The maximum atomic E-state index is 12.3. The summed E-state index contributed by atoms with van der Waals surface area (Å²) in [6, 6.07) is 0. The first-order chi connectivity index (χ1) is 9.05. The van der Waals surface area contributed by atoms with E-state index in [-0.39, 0.29) is 0 Å². The van der Waals surface area contributed by atoms with Crippen LogP contribution in [0.4, 0.5) is 19.1 Å². The van der Waals surface area contributed by atoms with Crippen LogP contribution in [0.1, 0.15) is 19.7 Å². The van der Waals surface area contributed by atoms with Crippen LogP contribution in [0.3, 0.4) is 0 Å². The van der Waals surface area contributed by atoms with Gasteiger partial charge in [0.05, 0.1) is 11.8 Å². The highest BCUT2D eigenvalue weighted by atomic mass is 19.4. The van der Waals surface area contributed by atoms with Gasteiger partial charge in [0, 0.05) is 0 Å². The third-order valence-corrected chi connectivity index (χ3v) is 3.36. The van der Waals surface area contributed by atoms with E-state index in [0.717, 1.165) is 0 Å². The van der Waals surface area contributed by atoms with Crippen LogP contribution in [-0.4, -0.2) is 32.2 Å². The number of carbonyl (C=O) groups is 2. The van der Waals surface area contributed by atoms with Crippen molar-refractivity contribution in [3.05, 3.63) is 5.82 Å². The Morgan fingerprint density at radius 3 is 2.35 bits per heavy atom. The molecular formula is C10H11F3N4O3. The van der Waals surface area contributed by atoms with E-state index < -0.39 is 47.1 Å². The van der Waals surface area contributed by atoms with Gasteiger partial charge in [0.15, 0.2) is 0 Å². The highest BCUT2D eigenvalue weighted by Crippen LogP contribution is 2.58. The number of H-pyrrole nitrogens is 1. The highest BCUT2D eigenvalue weighted by molar-refractivity contribution is 5.98. The van der Waals surface area contributed by atoms with Crippen LogP contribution in [0.2, 0.25) is 0 Å². The van der Waals surface area contributed by atoms with Crippen molar-refractivity contribution in [2.45, 2.75) is 20.0 Å². The van der Waals surface area contributed by atoms with Crippen molar-refractivity contribution in [3.63, 3.8) is 0 Å². The van der Waals surface area contributed by atoms with Crippen molar-refractivity contribution < 1.29 is 27.9 Å². The zero-order valence-electron chi connectivity index (χ0n) is 10.4. The summed E-state index contributed by atoms with van der Waals surface area (Å²) in [5.41, 5.74) is -0.751. The average Bonchev–Trinajstić information content (AvgIpc) is 2.67. The first-order valence-corrected chi connectivity index (χ1v) is 5.58. The van der Waals surface area contributed by atoms with Crippen molar-refractivity contribution in [2.24, 2.45) is 17.3 Å². The summed E-state index contributed by atoms with van der Waals surface area (Å²) in [6.45, 7) is 3.18. The smallest absolute Gasteiger partial charge is 0.451 e. The molecule has 110 valence electrons. The molecule has 0 spiro atoms. The molecule has 1 aromatic rings. The fourth-order valence-electron chi connectivity index (χ4n) is 2.22. The number of nitrogens with one attached hydrogen (secondary N) is 2. The summed E-state index contributed by atoms with van der Waals surface area (Å²) >= 11 is 0. The van der Waals surface area contributed by atoms with E-state index in [4.69, 9.17) is 5.11 Å². The molecule has 0 bridgehead atoms. The molecule has 1 aliphatic rings. The average molecular weight is 292 g/mol. The summed E-state index contributed by atoms with van der Waals surface area (Å²) in [5, 5.41) is 15.9. The lowest BCUT2D eigenvalue weighted by Crippen LogP contribution is -2.18. The lowest BCUT2D eigenvalue weighted by Gasteiger charge is -2.02. The Balaban J connectivity index is 2.07. The molecule has 2 atom stereocenters. The van der Waals surface area contributed by atoms with Crippen LogP contribution in [0.25, 0.3) is 0 Å². The normalized spacial score (nSPS) is 24.2. The zero-order chi connectivity index (χ0) is 15.3. The molecule has 0 saturated heterocycles. The minimum atomic E-state index is -4.70. The van der Waals surface area contributed by atoms with Gasteiger partial charge in [-0.1, -0.05) is 13.8 Å². The number of carboxylic acid groups (broad SMARTS) is 1. The number of aromatic nitrogens is 3. The standard InChI is InChI=1S/C10H11F3N4O3/c1-9(2)3(4(9)6(19)20)5(18)14-8-15-7(16-17-8)10(11,12)13/h3-4H,1-2H3,(H,19,20)(H2,14,15,16,17,18)/t3-,4-/m0/s1. The Morgan fingerprint density at radius 2 is 1.95 bits per heavy atom. The van der Waals surface area contributed by atoms with E-state index in [2.05, 4.69) is 15.4 Å². The van der Waals surface area contributed by atoms with Crippen molar-refractivity contribution in [2.75, 3.05) is 5.32 Å². The summed E-state index contributed by atoms with van der Waals surface area (Å²) in [6.07, 6.45) is -4.70. The first-order valence-electron chi connectivity index (χ1n) is 5.58. The number of amides is 1. The predicted octanol–water partition coefficient (Wildman–Crippen LogP) is 1.12. The van der Waals surface area contributed by atoms with Gasteiger partial charge in [0.2, 0.25) is 17.7 Å². The Labute approximate surface area is 110 Å². The number of carbonyl (C=O) groups excluding carboxylic acids is 1. The van der Waals surface area contributed by atoms with Crippen LogP contribution in [0.15, 0.2) is 0 Å². The molecule has 1 fully saturated rings. The number of halogens is 3. The number of nitrogens with zero attached hydrogens (tertiary/aromatic N) is 2. The first kappa shape index (κ1) is 14.3. The summed E-state index contributed by atoms with van der Waals surface area (Å²) < 4.78 is 36.8. The topological polar surface area (TPSA) is 108 Å².